The predicted molar refractivity (Wildman–Crippen MR) is 75.5 cm³/mol. The van der Waals surface area contributed by atoms with Crippen LogP contribution in [0.4, 0.5) is 0 Å². The van der Waals surface area contributed by atoms with Gasteiger partial charge in [0.2, 0.25) is 0 Å². The number of hydrogen-bond acceptors (Lipinski definition) is 3. The Balaban J connectivity index is 3.43. The minimum Gasteiger partial charge on any atom is -0.390 e. The zero-order valence-electron chi connectivity index (χ0n) is 12.4. The first kappa shape index (κ1) is 17.9. The largest absolute Gasteiger partial charge is 0.390 e. The fraction of sp³-hybridized carbons (Fsp3) is 1.00. The van der Waals surface area contributed by atoms with Crippen molar-refractivity contribution < 1.29 is 15.3 Å². The zero-order valence-corrected chi connectivity index (χ0v) is 12.4. The topological polar surface area (TPSA) is 60.7 Å². The van der Waals surface area contributed by atoms with Gasteiger partial charge < -0.3 is 15.3 Å². The van der Waals surface area contributed by atoms with E-state index in [-0.39, 0.29) is 0 Å². The Kier molecular flexibility index (Phi) is 9.70. The first-order chi connectivity index (χ1) is 8.39. The molecule has 2 unspecified atom stereocenters. The smallest absolute Gasteiger partial charge is 0.108 e. The Morgan fingerprint density at radius 1 is 0.833 bits per heavy atom. The lowest BCUT2D eigenvalue weighted by atomic mass is 9.93. The lowest BCUT2D eigenvalue weighted by molar-refractivity contribution is -0.108. The number of hydrogen-bond donors (Lipinski definition) is 3. The second-order valence-electron chi connectivity index (χ2n) is 5.93. The summed E-state index contributed by atoms with van der Waals surface area (Å²) in [5.74, 6) is 0. The Morgan fingerprint density at radius 2 is 1.28 bits per heavy atom. The van der Waals surface area contributed by atoms with Crippen LogP contribution in [0.3, 0.4) is 0 Å². The minimum atomic E-state index is -1.22. The zero-order chi connectivity index (χ0) is 14.0. The Labute approximate surface area is 112 Å². The second-order valence-corrected chi connectivity index (χ2v) is 5.93. The van der Waals surface area contributed by atoms with Crippen molar-refractivity contribution in [2.24, 2.45) is 0 Å². The van der Waals surface area contributed by atoms with Gasteiger partial charge in [-0.15, -0.1) is 0 Å². The van der Waals surface area contributed by atoms with E-state index < -0.39 is 17.8 Å². The molecular formula is C15H32O3. The van der Waals surface area contributed by atoms with E-state index in [0.29, 0.717) is 6.42 Å². The van der Waals surface area contributed by atoms with Gasteiger partial charge in [0.25, 0.3) is 0 Å². The van der Waals surface area contributed by atoms with Gasteiger partial charge in [0, 0.05) is 0 Å². The van der Waals surface area contributed by atoms with Crippen LogP contribution in [0.25, 0.3) is 0 Å². The van der Waals surface area contributed by atoms with Gasteiger partial charge in [0.15, 0.2) is 0 Å². The summed E-state index contributed by atoms with van der Waals surface area (Å²) in [6, 6.07) is 0. The molecule has 0 spiro atoms. The van der Waals surface area contributed by atoms with Crippen LogP contribution >= 0.6 is 0 Å². The maximum atomic E-state index is 9.72. The third kappa shape index (κ3) is 8.90. The van der Waals surface area contributed by atoms with E-state index in [4.69, 9.17) is 0 Å². The minimum absolute atomic E-state index is 0.570. The lowest BCUT2D eigenvalue weighted by Gasteiger charge is -2.28. The summed E-state index contributed by atoms with van der Waals surface area (Å²) in [7, 11) is 0. The van der Waals surface area contributed by atoms with Gasteiger partial charge in [-0.2, -0.15) is 0 Å². The van der Waals surface area contributed by atoms with Crippen molar-refractivity contribution >= 4 is 0 Å². The molecule has 0 amide bonds. The highest BCUT2D eigenvalue weighted by atomic mass is 16.4. The summed E-state index contributed by atoms with van der Waals surface area (Å²) in [6.45, 7) is 5.26. The summed E-state index contributed by atoms with van der Waals surface area (Å²) in [5.41, 5.74) is -1.22. The molecule has 0 aromatic carbocycles. The van der Waals surface area contributed by atoms with Crippen molar-refractivity contribution in [1.29, 1.82) is 0 Å². The van der Waals surface area contributed by atoms with Gasteiger partial charge in [0.05, 0.1) is 11.7 Å². The van der Waals surface area contributed by atoms with E-state index in [9.17, 15) is 15.3 Å². The molecule has 3 N–H and O–H groups in total. The molecule has 0 radical (unpaired) electrons. The van der Waals surface area contributed by atoms with Crippen molar-refractivity contribution in [2.45, 2.75) is 96.4 Å². The van der Waals surface area contributed by atoms with Crippen LogP contribution in [0.15, 0.2) is 0 Å². The van der Waals surface area contributed by atoms with Crippen molar-refractivity contribution in [2.75, 3.05) is 0 Å². The predicted octanol–water partition coefficient (Wildman–Crippen LogP) is 3.01. The number of aliphatic hydroxyl groups is 3. The molecule has 0 fully saturated rings. The molecule has 0 aliphatic rings. The van der Waals surface area contributed by atoms with Crippen LogP contribution in [-0.2, 0) is 0 Å². The molecule has 0 aromatic heterocycles. The molecule has 0 aliphatic heterocycles. The fourth-order valence-corrected chi connectivity index (χ4v) is 2.12. The van der Waals surface area contributed by atoms with Crippen LogP contribution in [0.5, 0.6) is 0 Å². The molecule has 0 bridgehead atoms. The van der Waals surface area contributed by atoms with Crippen LogP contribution in [0.1, 0.15) is 78.6 Å². The average molecular weight is 260 g/mol. The Morgan fingerprint density at radius 3 is 1.72 bits per heavy atom. The molecule has 18 heavy (non-hydrogen) atoms. The molecule has 3 nitrogen and oxygen atoms in total. The average Bonchev–Trinajstić information content (AvgIpc) is 2.30. The molecule has 0 heterocycles. The molecule has 0 saturated carbocycles. The molecule has 0 aliphatic carbocycles. The maximum Gasteiger partial charge on any atom is 0.108 e. The summed E-state index contributed by atoms with van der Waals surface area (Å²) >= 11 is 0. The summed E-state index contributed by atoms with van der Waals surface area (Å²) in [6.07, 6.45) is 8.44. The molecule has 0 saturated heterocycles. The van der Waals surface area contributed by atoms with Crippen LogP contribution in [0, 0.1) is 0 Å². The van der Waals surface area contributed by atoms with Crippen LogP contribution in [-0.4, -0.2) is 33.1 Å². The number of unbranched alkanes of at least 4 members (excludes halogenated alkanes) is 7. The highest BCUT2D eigenvalue weighted by Crippen LogP contribution is 2.17. The molecule has 3 heteroatoms. The van der Waals surface area contributed by atoms with Gasteiger partial charge in [-0.3, -0.25) is 0 Å². The second kappa shape index (κ2) is 9.76. The van der Waals surface area contributed by atoms with Gasteiger partial charge in [-0.25, -0.2) is 0 Å². The quantitative estimate of drug-likeness (QED) is 0.500. The monoisotopic (exact) mass is 260 g/mol. The van der Waals surface area contributed by atoms with Gasteiger partial charge in [-0.05, 0) is 20.3 Å². The summed E-state index contributed by atoms with van der Waals surface area (Å²) < 4.78 is 0. The van der Waals surface area contributed by atoms with Gasteiger partial charge >= 0.3 is 0 Å². The van der Waals surface area contributed by atoms with Gasteiger partial charge in [0.1, 0.15) is 6.10 Å². The first-order valence-electron chi connectivity index (χ1n) is 7.48. The summed E-state index contributed by atoms with van der Waals surface area (Å²) in [5, 5.41) is 28.9. The van der Waals surface area contributed by atoms with E-state index in [0.717, 1.165) is 12.8 Å². The van der Waals surface area contributed by atoms with Crippen molar-refractivity contribution in [3.63, 3.8) is 0 Å². The third-order valence-electron chi connectivity index (χ3n) is 3.44. The van der Waals surface area contributed by atoms with E-state index in [1.807, 2.05) is 0 Å². The first-order valence-corrected chi connectivity index (χ1v) is 7.48. The Bertz CT molecular complexity index is 187. The standard InChI is InChI=1S/C15H32O3/c1-4-5-6-7-8-9-10-11-12-13(16)14(17)15(2,3)18/h13-14,16-18H,4-12H2,1-3H3. The van der Waals surface area contributed by atoms with Gasteiger partial charge in [-0.1, -0.05) is 58.3 Å². The lowest BCUT2D eigenvalue weighted by Crippen LogP contribution is -2.44. The number of aliphatic hydroxyl groups excluding tert-OH is 2. The van der Waals surface area contributed by atoms with Crippen molar-refractivity contribution in [3.8, 4) is 0 Å². The normalized spacial score (nSPS) is 15.7. The van der Waals surface area contributed by atoms with E-state index in [1.165, 1.54) is 52.4 Å². The fourth-order valence-electron chi connectivity index (χ4n) is 2.12. The Hall–Kier alpha value is -0.120. The maximum absolute atomic E-state index is 9.72. The van der Waals surface area contributed by atoms with E-state index in [1.54, 1.807) is 0 Å². The van der Waals surface area contributed by atoms with Crippen molar-refractivity contribution in [3.05, 3.63) is 0 Å². The third-order valence-corrected chi connectivity index (χ3v) is 3.44. The van der Waals surface area contributed by atoms with E-state index >= 15 is 0 Å². The van der Waals surface area contributed by atoms with E-state index in [2.05, 4.69) is 6.92 Å². The van der Waals surface area contributed by atoms with Crippen molar-refractivity contribution in [1.82, 2.24) is 0 Å². The van der Waals surface area contributed by atoms with Crippen LogP contribution < -0.4 is 0 Å². The highest BCUT2D eigenvalue weighted by molar-refractivity contribution is 4.82. The highest BCUT2D eigenvalue weighted by Gasteiger charge is 2.30. The molecule has 110 valence electrons. The molecule has 2 atom stereocenters. The molecule has 0 aromatic rings. The number of rotatable bonds is 11. The summed E-state index contributed by atoms with van der Waals surface area (Å²) in [4.78, 5) is 0. The molecule has 0 rings (SSSR count). The van der Waals surface area contributed by atoms with Crippen LogP contribution in [0.2, 0.25) is 0 Å². The molecular weight excluding hydrogens is 228 g/mol. The SMILES string of the molecule is CCCCCCCCCCC(O)C(O)C(C)(C)O.